The van der Waals surface area contributed by atoms with E-state index in [0.717, 1.165) is 13.2 Å². The fraction of sp³-hybridized carbons (Fsp3) is 1.00. The number of hydrogen-bond acceptors (Lipinski definition) is 2. The Morgan fingerprint density at radius 3 is 2.80 bits per heavy atom. The van der Waals surface area contributed by atoms with E-state index < -0.39 is 0 Å². The van der Waals surface area contributed by atoms with Crippen LogP contribution in [0.2, 0.25) is 0 Å². The summed E-state index contributed by atoms with van der Waals surface area (Å²) < 4.78 is 5.18. The molecule has 0 aromatic rings. The Bertz CT molecular complexity index is 177. The lowest BCUT2D eigenvalue weighted by molar-refractivity contribution is 0.152. The molecule has 0 amide bonds. The normalized spacial score (nSPS) is 42.2. The highest BCUT2D eigenvalue weighted by Crippen LogP contribution is 2.50. The van der Waals surface area contributed by atoms with Crippen molar-refractivity contribution in [2.45, 2.75) is 0 Å². The van der Waals surface area contributed by atoms with Gasteiger partial charge >= 0.3 is 0 Å². The molecule has 0 spiro atoms. The Balaban J connectivity index is 1.84. The van der Waals surface area contributed by atoms with Gasteiger partial charge in [-0.25, -0.2) is 0 Å². The molecule has 2 aliphatic rings. The lowest BCUT2D eigenvalue weighted by Crippen LogP contribution is -1.99. The van der Waals surface area contributed by atoms with Gasteiger partial charge in [-0.05, 0) is 23.3 Å². The largest absolute Gasteiger partial charge is 0.381 e. The Morgan fingerprint density at radius 1 is 1.50 bits per heavy atom. The lowest BCUT2D eigenvalue weighted by atomic mass is 10.3. The molecular formula is C6H9N3O. The topological polar surface area (TPSA) is 58.0 Å². The summed E-state index contributed by atoms with van der Waals surface area (Å²) in [6.07, 6.45) is 0. The van der Waals surface area contributed by atoms with Crippen LogP contribution in [0.25, 0.3) is 10.4 Å². The molecule has 4 heteroatoms. The van der Waals surface area contributed by atoms with E-state index in [2.05, 4.69) is 10.0 Å². The molecule has 0 aromatic carbocycles. The molecule has 0 radical (unpaired) electrons. The molecule has 2 atom stereocenters. The summed E-state index contributed by atoms with van der Waals surface area (Å²) in [5.74, 6) is 2.07. The third-order valence-corrected chi connectivity index (χ3v) is 2.49. The number of rotatable bonds is 2. The van der Waals surface area contributed by atoms with Gasteiger partial charge in [0, 0.05) is 11.5 Å². The summed E-state index contributed by atoms with van der Waals surface area (Å²) in [7, 11) is 0. The quantitative estimate of drug-likeness (QED) is 0.322. The van der Waals surface area contributed by atoms with Gasteiger partial charge in [0.1, 0.15) is 0 Å². The number of ether oxygens (including phenoxy) is 1. The van der Waals surface area contributed by atoms with Crippen LogP contribution in [0.1, 0.15) is 0 Å². The van der Waals surface area contributed by atoms with Crippen molar-refractivity contribution in [1.29, 1.82) is 0 Å². The second-order valence-corrected chi connectivity index (χ2v) is 2.94. The smallest absolute Gasteiger partial charge is 0.0500 e. The summed E-state index contributed by atoms with van der Waals surface area (Å²) in [6.45, 7) is 2.45. The molecule has 1 aliphatic carbocycles. The van der Waals surface area contributed by atoms with Crippen LogP contribution >= 0.6 is 0 Å². The van der Waals surface area contributed by atoms with E-state index in [0.29, 0.717) is 24.3 Å². The summed E-state index contributed by atoms with van der Waals surface area (Å²) in [5, 5.41) is 3.54. The van der Waals surface area contributed by atoms with Gasteiger partial charge in [0.05, 0.1) is 13.2 Å². The van der Waals surface area contributed by atoms with Crippen LogP contribution in [-0.2, 0) is 4.74 Å². The molecule has 54 valence electrons. The van der Waals surface area contributed by atoms with Crippen molar-refractivity contribution in [1.82, 2.24) is 0 Å². The van der Waals surface area contributed by atoms with Crippen LogP contribution in [0.4, 0.5) is 0 Å². The van der Waals surface area contributed by atoms with Crippen molar-refractivity contribution in [2.75, 3.05) is 19.8 Å². The Labute approximate surface area is 58.8 Å². The summed E-state index contributed by atoms with van der Waals surface area (Å²) in [5.41, 5.74) is 8.03. The zero-order valence-corrected chi connectivity index (χ0v) is 5.60. The van der Waals surface area contributed by atoms with Gasteiger partial charge in [-0.3, -0.25) is 0 Å². The van der Waals surface area contributed by atoms with E-state index in [9.17, 15) is 0 Å². The fourth-order valence-electron chi connectivity index (χ4n) is 1.76. The first-order chi connectivity index (χ1) is 4.93. The fourth-order valence-corrected chi connectivity index (χ4v) is 1.76. The Hall–Kier alpha value is -0.730. The first-order valence-electron chi connectivity index (χ1n) is 3.52. The maximum atomic E-state index is 8.03. The predicted octanol–water partition coefficient (Wildman–Crippen LogP) is 1.19. The van der Waals surface area contributed by atoms with Gasteiger partial charge in [-0.2, -0.15) is 0 Å². The van der Waals surface area contributed by atoms with Crippen molar-refractivity contribution in [3.8, 4) is 0 Å². The minimum Gasteiger partial charge on any atom is -0.381 e. The molecule has 1 heterocycles. The van der Waals surface area contributed by atoms with Crippen LogP contribution in [0, 0.1) is 17.8 Å². The number of azide groups is 1. The first kappa shape index (κ1) is 6.01. The maximum Gasteiger partial charge on any atom is 0.0500 e. The average Bonchev–Trinajstić information content (AvgIpc) is 2.46. The van der Waals surface area contributed by atoms with E-state index >= 15 is 0 Å². The molecule has 1 saturated heterocycles. The van der Waals surface area contributed by atoms with Crippen LogP contribution in [0.5, 0.6) is 0 Å². The van der Waals surface area contributed by atoms with Crippen LogP contribution in [0.3, 0.4) is 0 Å². The second kappa shape index (κ2) is 2.15. The highest BCUT2D eigenvalue weighted by atomic mass is 16.5. The third-order valence-electron chi connectivity index (χ3n) is 2.49. The minimum absolute atomic E-state index is 0.643. The molecule has 2 fully saturated rings. The number of nitrogens with zero attached hydrogens (tertiary/aromatic N) is 3. The van der Waals surface area contributed by atoms with Crippen molar-refractivity contribution in [3.05, 3.63) is 10.4 Å². The molecule has 4 nitrogen and oxygen atoms in total. The summed E-state index contributed by atoms with van der Waals surface area (Å²) in [4.78, 5) is 2.73. The molecule has 0 aromatic heterocycles. The van der Waals surface area contributed by atoms with E-state index in [1.165, 1.54) is 0 Å². The predicted molar refractivity (Wildman–Crippen MR) is 35.3 cm³/mol. The molecule has 1 saturated carbocycles. The van der Waals surface area contributed by atoms with E-state index in [1.807, 2.05) is 0 Å². The second-order valence-electron chi connectivity index (χ2n) is 2.94. The number of fused-ring (bicyclic) bond motifs is 1. The van der Waals surface area contributed by atoms with E-state index in [-0.39, 0.29) is 0 Å². The van der Waals surface area contributed by atoms with Gasteiger partial charge in [0.2, 0.25) is 0 Å². The van der Waals surface area contributed by atoms with Gasteiger partial charge in [-0.1, -0.05) is 5.11 Å². The van der Waals surface area contributed by atoms with Crippen molar-refractivity contribution >= 4 is 0 Å². The van der Waals surface area contributed by atoms with E-state index in [1.54, 1.807) is 0 Å². The highest BCUT2D eigenvalue weighted by molar-refractivity contribution is 5.01. The van der Waals surface area contributed by atoms with Gasteiger partial charge < -0.3 is 4.74 Å². The molecule has 2 rings (SSSR count). The van der Waals surface area contributed by atoms with Crippen molar-refractivity contribution in [3.63, 3.8) is 0 Å². The van der Waals surface area contributed by atoms with Crippen LogP contribution in [0.15, 0.2) is 5.11 Å². The van der Waals surface area contributed by atoms with Crippen molar-refractivity contribution in [2.24, 2.45) is 22.9 Å². The zero-order valence-electron chi connectivity index (χ0n) is 5.60. The third kappa shape index (κ3) is 0.770. The maximum absolute atomic E-state index is 8.03. The SMILES string of the molecule is [N-]=[N+]=NCC1C2COCC12. The summed E-state index contributed by atoms with van der Waals surface area (Å²) >= 11 is 0. The Kier molecular flexibility index (Phi) is 1.29. The van der Waals surface area contributed by atoms with Gasteiger partial charge in [-0.15, -0.1) is 0 Å². The molecular weight excluding hydrogens is 130 g/mol. The standard InChI is InChI=1S/C6H9N3O/c7-9-8-1-4-5-2-10-3-6(4)5/h4-6H,1-3H2. The van der Waals surface area contributed by atoms with Crippen LogP contribution in [-0.4, -0.2) is 19.8 Å². The highest BCUT2D eigenvalue weighted by Gasteiger charge is 2.52. The van der Waals surface area contributed by atoms with Gasteiger partial charge in [0.15, 0.2) is 0 Å². The number of hydrogen-bond donors (Lipinski definition) is 0. The van der Waals surface area contributed by atoms with Crippen LogP contribution < -0.4 is 0 Å². The molecule has 10 heavy (non-hydrogen) atoms. The first-order valence-corrected chi connectivity index (χ1v) is 3.52. The Morgan fingerprint density at radius 2 is 2.20 bits per heavy atom. The molecule has 1 aliphatic heterocycles. The monoisotopic (exact) mass is 139 g/mol. The van der Waals surface area contributed by atoms with Gasteiger partial charge in [0.25, 0.3) is 0 Å². The molecule has 2 unspecified atom stereocenters. The van der Waals surface area contributed by atoms with Crippen molar-refractivity contribution < 1.29 is 4.74 Å². The average molecular weight is 139 g/mol. The summed E-state index contributed by atoms with van der Waals surface area (Å²) in [6, 6.07) is 0. The van der Waals surface area contributed by atoms with E-state index in [4.69, 9.17) is 10.3 Å². The lowest BCUT2D eigenvalue weighted by Gasteiger charge is -1.97. The minimum atomic E-state index is 0.643. The molecule has 0 N–H and O–H groups in total. The zero-order chi connectivity index (χ0) is 6.97. The molecule has 0 bridgehead atoms.